The highest BCUT2D eigenvalue weighted by atomic mass is 16.5. The van der Waals surface area contributed by atoms with Gasteiger partial charge in [0, 0.05) is 30.6 Å². The summed E-state index contributed by atoms with van der Waals surface area (Å²) < 4.78 is 5.29. The molecule has 1 unspecified atom stereocenters. The average molecular weight is 328 g/mol. The fraction of sp³-hybridized carbons (Fsp3) is 0.474. The summed E-state index contributed by atoms with van der Waals surface area (Å²) in [6.45, 7) is 4.05. The summed E-state index contributed by atoms with van der Waals surface area (Å²) >= 11 is 0. The van der Waals surface area contributed by atoms with Gasteiger partial charge in [-0.15, -0.1) is 0 Å². The van der Waals surface area contributed by atoms with E-state index in [9.17, 15) is 9.59 Å². The van der Waals surface area contributed by atoms with Gasteiger partial charge in [-0.2, -0.15) is 0 Å². The van der Waals surface area contributed by atoms with Crippen molar-refractivity contribution in [2.45, 2.75) is 38.8 Å². The molecule has 0 fully saturated rings. The van der Waals surface area contributed by atoms with Crippen molar-refractivity contribution in [3.63, 3.8) is 0 Å². The van der Waals surface area contributed by atoms with Crippen LogP contribution in [0.3, 0.4) is 0 Å². The highest BCUT2D eigenvalue weighted by Gasteiger charge is 2.33. The molecule has 1 atom stereocenters. The molecule has 0 saturated heterocycles. The van der Waals surface area contributed by atoms with E-state index in [0.29, 0.717) is 44.7 Å². The molecule has 24 heavy (non-hydrogen) atoms. The maximum Gasteiger partial charge on any atom is 0.255 e. The zero-order chi connectivity index (χ0) is 17.4. The lowest BCUT2D eigenvalue weighted by atomic mass is 10.0. The Morgan fingerprint density at radius 3 is 2.96 bits per heavy atom. The fourth-order valence-electron chi connectivity index (χ4n) is 2.80. The van der Waals surface area contributed by atoms with E-state index in [0.717, 1.165) is 23.8 Å². The van der Waals surface area contributed by atoms with Crippen LogP contribution in [-0.4, -0.2) is 42.9 Å². The zero-order valence-electron chi connectivity index (χ0n) is 14.1. The first-order chi connectivity index (χ1) is 11.7. The molecular formula is C19H24N2O3. The van der Waals surface area contributed by atoms with Crippen molar-refractivity contribution in [2.24, 2.45) is 5.73 Å². The minimum atomic E-state index is -0.361. The van der Waals surface area contributed by atoms with Gasteiger partial charge in [-0.3, -0.25) is 4.79 Å². The monoisotopic (exact) mass is 328 g/mol. The molecule has 5 heteroatoms. The first kappa shape index (κ1) is 18.2. The van der Waals surface area contributed by atoms with E-state index < -0.39 is 0 Å². The lowest BCUT2D eigenvalue weighted by Gasteiger charge is -2.22. The van der Waals surface area contributed by atoms with Crippen LogP contribution >= 0.6 is 0 Å². The van der Waals surface area contributed by atoms with Crippen LogP contribution in [0.5, 0.6) is 0 Å². The van der Waals surface area contributed by atoms with E-state index >= 15 is 0 Å². The van der Waals surface area contributed by atoms with E-state index in [1.54, 1.807) is 11.0 Å². The van der Waals surface area contributed by atoms with Crippen molar-refractivity contribution >= 4 is 12.2 Å². The highest BCUT2D eigenvalue weighted by molar-refractivity contribution is 6.00. The van der Waals surface area contributed by atoms with Crippen LogP contribution in [-0.2, 0) is 16.1 Å². The molecule has 2 rings (SSSR count). The SMILES string of the molecule is CCCC(C=O)N1Cc2c(C#CCCOCCN)cccc2C1=O. The van der Waals surface area contributed by atoms with Crippen molar-refractivity contribution in [1.82, 2.24) is 4.90 Å². The zero-order valence-corrected chi connectivity index (χ0v) is 14.1. The molecule has 0 aromatic heterocycles. The van der Waals surface area contributed by atoms with Gasteiger partial charge in [0.25, 0.3) is 5.91 Å². The van der Waals surface area contributed by atoms with Crippen LogP contribution in [0.4, 0.5) is 0 Å². The Morgan fingerprint density at radius 1 is 1.42 bits per heavy atom. The van der Waals surface area contributed by atoms with E-state index in [-0.39, 0.29) is 11.9 Å². The predicted molar refractivity (Wildman–Crippen MR) is 92.4 cm³/mol. The number of nitrogens with zero attached hydrogens (tertiary/aromatic N) is 1. The van der Waals surface area contributed by atoms with Gasteiger partial charge in [-0.25, -0.2) is 0 Å². The summed E-state index contributed by atoms with van der Waals surface area (Å²) in [5.41, 5.74) is 7.78. The van der Waals surface area contributed by atoms with Gasteiger partial charge >= 0.3 is 0 Å². The molecule has 1 aromatic carbocycles. The van der Waals surface area contributed by atoms with Gasteiger partial charge in [0.05, 0.1) is 19.3 Å². The van der Waals surface area contributed by atoms with Gasteiger partial charge in [-0.05, 0) is 24.1 Å². The quantitative estimate of drug-likeness (QED) is 0.448. The third kappa shape index (κ3) is 4.22. The Labute approximate surface area is 143 Å². The molecule has 5 nitrogen and oxygen atoms in total. The second-order valence-corrected chi connectivity index (χ2v) is 5.71. The highest BCUT2D eigenvalue weighted by Crippen LogP contribution is 2.28. The summed E-state index contributed by atoms with van der Waals surface area (Å²) in [6.07, 6.45) is 3.03. The number of hydrogen-bond donors (Lipinski definition) is 1. The third-order valence-corrected chi connectivity index (χ3v) is 3.99. The van der Waals surface area contributed by atoms with Gasteiger partial charge in [0.15, 0.2) is 0 Å². The molecular weight excluding hydrogens is 304 g/mol. The number of ether oxygens (including phenoxy) is 1. The number of carbonyl (C=O) groups is 2. The molecule has 0 radical (unpaired) electrons. The van der Waals surface area contributed by atoms with Crippen LogP contribution < -0.4 is 5.73 Å². The largest absolute Gasteiger partial charge is 0.379 e. The molecule has 0 spiro atoms. The number of amides is 1. The van der Waals surface area contributed by atoms with Gasteiger partial charge in [0.2, 0.25) is 0 Å². The number of hydrogen-bond acceptors (Lipinski definition) is 4. The molecule has 1 aliphatic heterocycles. The number of carbonyl (C=O) groups excluding carboxylic acids is 2. The molecule has 0 aliphatic carbocycles. The maximum absolute atomic E-state index is 12.6. The lowest BCUT2D eigenvalue weighted by molar-refractivity contribution is -0.112. The Bertz CT molecular complexity index is 646. The van der Waals surface area contributed by atoms with Crippen LogP contribution in [0.15, 0.2) is 18.2 Å². The first-order valence-electron chi connectivity index (χ1n) is 8.37. The van der Waals surface area contributed by atoms with E-state index in [1.165, 1.54) is 0 Å². The van der Waals surface area contributed by atoms with Crippen molar-refractivity contribution in [3.05, 3.63) is 34.9 Å². The van der Waals surface area contributed by atoms with E-state index in [4.69, 9.17) is 10.5 Å². The van der Waals surface area contributed by atoms with Gasteiger partial charge in [0.1, 0.15) is 6.29 Å². The molecule has 0 bridgehead atoms. The number of rotatable bonds is 8. The molecule has 1 aromatic rings. The topological polar surface area (TPSA) is 72.6 Å². The number of benzene rings is 1. The van der Waals surface area contributed by atoms with Gasteiger partial charge < -0.3 is 20.2 Å². The Kier molecular flexibility index (Phi) is 6.98. The molecule has 0 saturated carbocycles. The average Bonchev–Trinajstić information content (AvgIpc) is 2.93. The molecule has 1 amide bonds. The second kappa shape index (κ2) is 9.21. The smallest absolute Gasteiger partial charge is 0.255 e. The van der Waals surface area contributed by atoms with Crippen molar-refractivity contribution < 1.29 is 14.3 Å². The second-order valence-electron chi connectivity index (χ2n) is 5.71. The summed E-state index contributed by atoms with van der Waals surface area (Å²) in [5, 5.41) is 0. The molecule has 128 valence electrons. The van der Waals surface area contributed by atoms with Crippen LogP contribution in [0.1, 0.15) is 47.7 Å². The van der Waals surface area contributed by atoms with Crippen molar-refractivity contribution in [3.8, 4) is 11.8 Å². The summed E-state index contributed by atoms with van der Waals surface area (Å²) in [5.74, 6) is 6.12. The number of aldehydes is 1. The summed E-state index contributed by atoms with van der Waals surface area (Å²) in [4.78, 5) is 25.5. The van der Waals surface area contributed by atoms with Crippen LogP contribution in [0.25, 0.3) is 0 Å². The first-order valence-corrected chi connectivity index (χ1v) is 8.37. The summed E-state index contributed by atoms with van der Waals surface area (Å²) in [6, 6.07) is 5.20. The van der Waals surface area contributed by atoms with Crippen molar-refractivity contribution in [2.75, 3.05) is 19.8 Å². The van der Waals surface area contributed by atoms with Gasteiger partial charge in [-0.1, -0.05) is 31.3 Å². The minimum absolute atomic E-state index is 0.0783. The molecule has 1 aliphatic rings. The third-order valence-electron chi connectivity index (χ3n) is 3.99. The Hall–Kier alpha value is -2.16. The number of nitrogens with two attached hydrogens (primary N) is 1. The molecule has 1 heterocycles. The minimum Gasteiger partial charge on any atom is -0.379 e. The Balaban J connectivity index is 2.11. The lowest BCUT2D eigenvalue weighted by Crippen LogP contribution is -2.36. The fourth-order valence-corrected chi connectivity index (χ4v) is 2.80. The maximum atomic E-state index is 12.6. The van der Waals surface area contributed by atoms with E-state index in [1.807, 2.05) is 19.1 Å². The van der Waals surface area contributed by atoms with Crippen LogP contribution in [0, 0.1) is 11.8 Å². The Morgan fingerprint density at radius 2 is 2.25 bits per heavy atom. The van der Waals surface area contributed by atoms with Crippen molar-refractivity contribution in [1.29, 1.82) is 0 Å². The van der Waals surface area contributed by atoms with Crippen LogP contribution in [0.2, 0.25) is 0 Å². The standard InChI is InChI=1S/C19H24N2O3/c1-2-6-16(14-22)21-13-18-15(7-3-4-11-24-12-10-20)8-5-9-17(18)19(21)23/h5,8-9,14,16H,2,4,6,10-13,20H2,1H3. The normalized spacial score (nSPS) is 14.1. The van der Waals surface area contributed by atoms with E-state index in [2.05, 4.69) is 11.8 Å². The summed E-state index contributed by atoms with van der Waals surface area (Å²) in [7, 11) is 0. The molecule has 2 N–H and O–H groups in total. The number of fused-ring (bicyclic) bond motifs is 1. The predicted octanol–water partition coefficient (Wildman–Crippen LogP) is 1.73.